The van der Waals surface area contributed by atoms with Crippen LogP contribution in [0.4, 0.5) is 0 Å². The van der Waals surface area contributed by atoms with Crippen LogP contribution < -0.4 is 16.6 Å². The summed E-state index contributed by atoms with van der Waals surface area (Å²) in [6.07, 6.45) is 4.50. The summed E-state index contributed by atoms with van der Waals surface area (Å²) in [5.41, 5.74) is 2.97. The molecule has 0 aromatic rings. The quantitative estimate of drug-likeness (QED) is 0.179. The van der Waals surface area contributed by atoms with Gasteiger partial charge in [-0.15, -0.1) is 0 Å². The molecule has 0 aliphatic heterocycles. The largest absolute Gasteiger partial charge is 0.385 e. The lowest BCUT2D eigenvalue weighted by Crippen LogP contribution is -2.42. The molecule has 0 bridgehead atoms. The van der Waals surface area contributed by atoms with E-state index < -0.39 is 0 Å². The molecule has 19 heavy (non-hydrogen) atoms. The molecule has 0 aromatic carbocycles. The first-order chi connectivity index (χ1) is 9.26. The first kappa shape index (κ1) is 16.2. The number of nitrogens with zero attached hydrogens (tertiary/aromatic N) is 1. The Morgan fingerprint density at radius 1 is 1.37 bits per heavy atom. The standard InChI is InChI=1S/C13H28N4O2/c1-3-19-9-4-8-15-12(17-14)16-11-13(5-6-13)7-10-18-2/h3-11,14H2,1-2H3,(H2,15,16,17). The van der Waals surface area contributed by atoms with Crippen molar-refractivity contribution in [1.29, 1.82) is 0 Å². The van der Waals surface area contributed by atoms with Gasteiger partial charge < -0.3 is 14.8 Å². The number of nitrogens with one attached hydrogen (secondary N) is 2. The minimum Gasteiger partial charge on any atom is -0.385 e. The second kappa shape index (κ2) is 9.12. The van der Waals surface area contributed by atoms with Gasteiger partial charge in [0.2, 0.25) is 5.96 Å². The zero-order valence-electron chi connectivity index (χ0n) is 12.2. The number of methoxy groups -OCH3 is 1. The van der Waals surface area contributed by atoms with Crippen LogP contribution >= 0.6 is 0 Å². The molecule has 1 rings (SSSR count). The lowest BCUT2D eigenvalue weighted by atomic mass is 10.0. The number of aliphatic imine (C=N–C) groups is 1. The van der Waals surface area contributed by atoms with Crippen LogP contribution in [0.1, 0.15) is 32.6 Å². The van der Waals surface area contributed by atoms with Gasteiger partial charge in [0, 0.05) is 40.0 Å². The molecule has 0 unspecified atom stereocenters. The topological polar surface area (TPSA) is 80.9 Å². The second-order valence-electron chi connectivity index (χ2n) is 5.03. The highest BCUT2D eigenvalue weighted by Gasteiger charge is 2.41. The SMILES string of the molecule is CCOCCCNC(=NCC1(CCOC)CC1)NN. The summed E-state index contributed by atoms with van der Waals surface area (Å²) in [6.45, 7) is 5.96. The van der Waals surface area contributed by atoms with Crippen LogP contribution in [0, 0.1) is 5.41 Å². The molecule has 4 N–H and O–H groups in total. The monoisotopic (exact) mass is 272 g/mol. The number of hydrogen-bond donors (Lipinski definition) is 3. The Bertz CT molecular complexity index is 267. The van der Waals surface area contributed by atoms with Gasteiger partial charge >= 0.3 is 0 Å². The van der Waals surface area contributed by atoms with E-state index in [-0.39, 0.29) is 0 Å². The van der Waals surface area contributed by atoms with E-state index >= 15 is 0 Å². The fourth-order valence-electron chi connectivity index (χ4n) is 1.91. The highest BCUT2D eigenvalue weighted by atomic mass is 16.5. The molecule has 1 aliphatic carbocycles. The van der Waals surface area contributed by atoms with E-state index in [2.05, 4.69) is 15.7 Å². The Labute approximate surface area is 116 Å². The van der Waals surface area contributed by atoms with E-state index in [0.717, 1.165) is 45.8 Å². The maximum absolute atomic E-state index is 5.46. The van der Waals surface area contributed by atoms with Crippen LogP contribution in [0.5, 0.6) is 0 Å². The minimum atomic E-state index is 0.352. The van der Waals surface area contributed by atoms with Crippen molar-refractivity contribution >= 4 is 5.96 Å². The van der Waals surface area contributed by atoms with Crippen molar-refractivity contribution in [3.63, 3.8) is 0 Å². The third kappa shape index (κ3) is 6.75. The van der Waals surface area contributed by atoms with Gasteiger partial charge in [-0.3, -0.25) is 10.4 Å². The normalized spacial score (nSPS) is 17.3. The van der Waals surface area contributed by atoms with Gasteiger partial charge in [-0.25, -0.2) is 5.84 Å². The molecule has 0 radical (unpaired) electrons. The van der Waals surface area contributed by atoms with E-state index in [9.17, 15) is 0 Å². The molecular formula is C13H28N4O2. The molecule has 1 aliphatic rings. The maximum Gasteiger partial charge on any atom is 0.205 e. The number of guanidine groups is 1. The van der Waals surface area contributed by atoms with Crippen molar-refractivity contribution in [3.05, 3.63) is 0 Å². The van der Waals surface area contributed by atoms with Crippen molar-refractivity contribution in [2.45, 2.75) is 32.6 Å². The smallest absolute Gasteiger partial charge is 0.205 e. The third-order valence-corrected chi connectivity index (χ3v) is 3.46. The molecular weight excluding hydrogens is 244 g/mol. The van der Waals surface area contributed by atoms with Crippen molar-refractivity contribution < 1.29 is 9.47 Å². The van der Waals surface area contributed by atoms with E-state index in [1.807, 2.05) is 6.92 Å². The highest BCUT2D eigenvalue weighted by molar-refractivity contribution is 5.79. The summed E-state index contributed by atoms with van der Waals surface area (Å²) >= 11 is 0. The number of rotatable bonds is 10. The Morgan fingerprint density at radius 2 is 2.16 bits per heavy atom. The molecule has 0 aromatic heterocycles. The molecule has 6 nitrogen and oxygen atoms in total. The Morgan fingerprint density at radius 3 is 2.74 bits per heavy atom. The molecule has 0 heterocycles. The predicted octanol–water partition coefficient (Wildman–Crippen LogP) is 0.639. The molecule has 6 heteroatoms. The van der Waals surface area contributed by atoms with Gasteiger partial charge in [0.1, 0.15) is 0 Å². The van der Waals surface area contributed by atoms with Crippen molar-refractivity contribution in [1.82, 2.24) is 10.7 Å². The fourth-order valence-corrected chi connectivity index (χ4v) is 1.91. The zero-order chi connectivity index (χ0) is 14.0. The third-order valence-electron chi connectivity index (χ3n) is 3.46. The molecule has 0 amide bonds. The van der Waals surface area contributed by atoms with Crippen LogP contribution in [0.2, 0.25) is 0 Å². The van der Waals surface area contributed by atoms with Crippen LogP contribution in [0.3, 0.4) is 0 Å². The van der Waals surface area contributed by atoms with Crippen LogP contribution in [-0.4, -0.2) is 46.0 Å². The number of hydrogen-bond acceptors (Lipinski definition) is 4. The Kier molecular flexibility index (Phi) is 7.78. The van der Waals surface area contributed by atoms with Gasteiger partial charge in [0.15, 0.2) is 0 Å². The van der Waals surface area contributed by atoms with Gasteiger partial charge in [0.25, 0.3) is 0 Å². The summed E-state index contributed by atoms with van der Waals surface area (Å²) in [4.78, 5) is 4.52. The summed E-state index contributed by atoms with van der Waals surface area (Å²) in [5, 5.41) is 3.19. The lowest BCUT2D eigenvalue weighted by molar-refractivity contribution is 0.145. The highest BCUT2D eigenvalue weighted by Crippen LogP contribution is 2.48. The van der Waals surface area contributed by atoms with Gasteiger partial charge in [-0.2, -0.15) is 0 Å². The van der Waals surface area contributed by atoms with Crippen LogP contribution in [0.15, 0.2) is 4.99 Å². The molecule has 0 saturated heterocycles. The van der Waals surface area contributed by atoms with Crippen molar-refractivity contribution in [3.8, 4) is 0 Å². The van der Waals surface area contributed by atoms with Crippen molar-refractivity contribution in [2.75, 3.05) is 40.0 Å². The first-order valence-electron chi connectivity index (χ1n) is 7.08. The van der Waals surface area contributed by atoms with Crippen molar-refractivity contribution in [2.24, 2.45) is 16.3 Å². The summed E-state index contributed by atoms with van der Waals surface area (Å²) in [5.74, 6) is 6.13. The number of hydrazine groups is 1. The van der Waals surface area contributed by atoms with Gasteiger partial charge in [0.05, 0.1) is 0 Å². The average molecular weight is 272 g/mol. The first-order valence-corrected chi connectivity index (χ1v) is 7.08. The molecule has 0 spiro atoms. The number of ether oxygens (including phenoxy) is 2. The van der Waals surface area contributed by atoms with E-state index in [4.69, 9.17) is 15.3 Å². The predicted molar refractivity (Wildman–Crippen MR) is 76.9 cm³/mol. The molecule has 1 fully saturated rings. The number of nitrogens with two attached hydrogens (primary N) is 1. The van der Waals surface area contributed by atoms with E-state index in [1.165, 1.54) is 12.8 Å². The Balaban J connectivity index is 2.20. The van der Waals surface area contributed by atoms with Gasteiger partial charge in [-0.05, 0) is 38.0 Å². The maximum atomic E-state index is 5.46. The van der Waals surface area contributed by atoms with E-state index in [0.29, 0.717) is 11.4 Å². The average Bonchev–Trinajstić information content (AvgIpc) is 3.20. The van der Waals surface area contributed by atoms with E-state index in [1.54, 1.807) is 7.11 Å². The van der Waals surface area contributed by atoms with Crippen LogP contribution in [0.25, 0.3) is 0 Å². The second-order valence-corrected chi connectivity index (χ2v) is 5.03. The van der Waals surface area contributed by atoms with Gasteiger partial charge in [-0.1, -0.05) is 0 Å². The lowest BCUT2D eigenvalue weighted by Gasteiger charge is -2.14. The summed E-state index contributed by atoms with van der Waals surface area (Å²) in [6, 6.07) is 0. The zero-order valence-corrected chi connectivity index (χ0v) is 12.2. The molecule has 112 valence electrons. The summed E-state index contributed by atoms with van der Waals surface area (Å²) in [7, 11) is 1.74. The summed E-state index contributed by atoms with van der Waals surface area (Å²) < 4.78 is 10.4. The molecule has 1 saturated carbocycles. The minimum absolute atomic E-state index is 0.352. The Hall–Kier alpha value is -0.850. The molecule has 0 atom stereocenters. The van der Waals surface area contributed by atoms with Crippen LogP contribution in [-0.2, 0) is 9.47 Å². The fraction of sp³-hybridized carbons (Fsp3) is 0.923.